The van der Waals surface area contributed by atoms with E-state index >= 15 is 0 Å². The van der Waals surface area contributed by atoms with Crippen molar-refractivity contribution < 1.29 is 24.1 Å². The lowest BCUT2D eigenvalue weighted by Gasteiger charge is -2.21. The van der Waals surface area contributed by atoms with Crippen molar-refractivity contribution in [3.8, 4) is 0 Å². The summed E-state index contributed by atoms with van der Waals surface area (Å²) in [6, 6.07) is 0. The van der Waals surface area contributed by atoms with E-state index in [0.29, 0.717) is 6.61 Å². The van der Waals surface area contributed by atoms with Gasteiger partial charge in [-0.1, -0.05) is 23.3 Å². The summed E-state index contributed by atoms with van der Waals surface area (Å²) in [6.45, 7) is 4.69. The Labute approximate surface area is 156 Å². The quantitative estimate of drug-likeness (QED) is 0.473. The smallest absolute Gasteiger partial charge is 0.312 e. The maximum Gasteiger partial charge on any atom is 0.312 e. The highest BCUT2D eigenvalue weighted by molar-refractivity contribution is 5.75. The van der Waals surface area contributed by atoms with Crippen LogP contribution in [0.3, 0.4) is 0 Å². The molecule has 3 aliphatic rings. The molecule has 2 aliphatic heterocycles. The molecule has 5 nitrogen and oxygen atoms in total. The number of aliphatic hydroxyl groups is 1. The third-order valence-electron chi connectivity index (χ3n) is 6.19. The van der Waals surface area contributed by atoms with Gasteiger partial charge in [-0.25, -0.2) is 0 Å². The minimum absolute atomic E-state index is 0.00483. The van der Waals surface area contributed by atoms with E-state index < -0.39 is 5.60 Å². The molecule has 26 heavy (non-hydrogen) atoms. The Kier molecular flexibility index (Phi) is 6.21. The fourth-order valence-corrected chi connectivity index (χ4v) is 4.45. The summed E-state index contributed by atoms with van der Waals surface area (Å²) in [7, 11) is 1.62. The Morgan fingerprint density at radius 3 is 2.77 bits per heavy atom. The molecule has 5 heteroatoms. The molecule has 1 aliphatic carbocycles. The van der Waals surface area contributed by atoms with Crippen LogP contribution in [0, 0.1) is 11.8 Å². The second-order valence-corrected chi connectivity index (χ2v) is 8.15. The summed E-state index contributed by atoms with van der Waals surface area (Å²) in [5.74, 6) is -0.329. The van der Waals surface area contributed by atoms with Gasteiger partial charge in [0.1, 0.15) is 11.7 Å². The summed E-state index contributed by atoms with van der Waals surface area (Å²) in [4.78, 5) is 12.4. The minimum Gasteiger partial charge on any atom is -0.461 e. The highest BCUT2D eigenvalue weighted by Gasteiger charge is 2.58. The van der Waals surface area contributed by atoms with E-state index in [-0.39, 0.29) is 36.6 Å². The molecule has 0 bridgehead atoms. The number of rotatable bonds is 3. The van der Waals surface area contributed by atoms with E-state index in [9.17, 15) is 9.90 Å². The first kappa shape index (κ1) is 19.6. The first-order chi connectivity index (χ1) is 12.5. The average molecular weight is 364 g/mol. The number of fused-ring (bicyclic) bond motifs is 2. The van der Waals surface area contributed by atoms with Gasteiger partial charge in [-0.15, -0.1) is 0 Å². The molecule has 2 fully saturated rings. The van der Waals surface area contributed by atoms with Crippen LogP contribution in [-0.2, 0) is 19.0 Å². The molecule has 146 valence electrons. The van der Waals surface area contributed by atoms with Crippen molar-refractivity contribution in [2.45, 2.75) is 70.2 Å². The average Bonchev–Trinajstić information content (AvgIpc) is 3.21. The monoisotopic (exact) mass is 364 g/mol. The largest absolute Gasteiger partial charge is 0.461 e. The number of carbonyl (C=O) groups is 1. The molecule has 0 aromatic heterocycles. The third-order valence-corrected chi connectivity index (χ3v) is 6.19. The molecule has 0 saturated carbocycles. The number of allylic oxidation sites excluding steroid dienone is 3. The van der Waals surface area contributed by atoms with Gasteiger partial charge in [0.15, 0.2) is 0 Å². The van der Waals surface area contributed by atoms with Crippen LogP contribution < -0.4 is 0 Å². The number of aliphatic hydroxyl groups excluding tert-OH is 1. The SMILES string of the molecule is COC[C@H]1C(=O)O[C@H]2C/C(C)=C/CC/C(C)=C/CC[C@@]3(CO)O[C@@H]3C[C@@H]21. The Balaban J connectivity index is 1.81. The van der Waals surface area contributed by atoms with Crippen LogP contribution in [0.2, 0.25) is 0 Å². The second-order valence-electron chi connectivity index (χ2n) is 8.15. The molecule has 0 spiro atoms. The van der Waals surface area contributed by atoms with Gasteiger partial charge in [0.2, 0.25) is 0 Å². The van der Waals surface area contributed by atoms with E-state index in [1.54, 1.807) is 7.11 Å². The highest BCUT2D eigenvalue weighted by atomic mass is 16.6. The predicted molar refractivity (Wildman–Crippen MR) is 98.6 cm³/mol. The van der Waals surface area contributed by atoms with Crippen molar-refractivity contribution in [3.63, 3.8) is 0 Å². The van der Waals surface area contributed by atoms with Crippen LogP contribution in [0.15, 0.2) is 23.3 Å². The van der Waals surface area contributed by atoms with Crippen molar-refractivity contribution >= 4 is 5.97 Å². The molecule has 0 aromatic carbocycles. The lowest BCUT2D eigenvalue weighted by molar-refractivity contribution is -0.145. The van der Waals surface area contributed by atoms with E-state index in [1.165, 1.54) is 11.1 Å². The first-order valence-corrected chi connectivity index (χ1v) is 9.78. The van der Waals surface area contributed by atoms with Crippen LogP contribution in [0.5, 0.6) is 0 Å². The van der Waals surface area contributed by atoms with Gasteiger partial charge in [-0.05, 0) is 46.0 Å². The highest BCUT2D eigenvalue weighted by Crippen LogP contribution is 2.48. The van der Waals surface area contributed by atoms with Gasteiger partial charge < -0.3 is 19.3 Å². The van der Waals surface area contributed by atoms with Crippen molar-refractivity contribution in [1.82, 2.24) is 0 Å². The number of epoxide rings is 1. The van der Waals surface area contributed by atoms with Crippen molar-refractivity contribution in [2.24, 2.45) is 11.8 Å². The number of hydrogen-bond acceptors (Lipinski definition) is 5. The van der Waals surface area contributed by atoms with Gasteiger partial charge in [-0.3, -0.25) is 4.79 Å². The fraction of sp³-hybridized carbons (Fsp3) is 0.762. The van der Waals surface area contributed by atoms with Crippen LogP contribution in [0.1, 0.15) is 52.4 Å². The minimum atomic E-state index is -0.445. The molecular formula is C21H32O5. The van der Waals surface area contributed by atoms with Crippen molar-refractivity contribution in [3.05, 3.63) is 23.3 Å². The zero-order valence-corrected chi connectivity index (χ0v) is 16.2. The standard InChI is InChI=1S/C21H32O5/c1-14-6-4-7-15(2)10-18-16(17(12-24-3)20(23)25-18)11-19-21(13-22,26-19)9-5-8-14/h7-8,16-19,22H,4-6,9-13H2,1-3H3/b14-8+,15-7+/t16-,17-,18+,19-,21+/m1/s1. The first-order valence-electron chi connectivity index (χ1n) is 9.78. The number of carbonyl (C=O) groups excluding carboxylic acids is 1. The van der Waals surface area contributed by atoms with Crippen LogP contribution in [-0.4, -0.2) is 49.2 Å². The molecule has 2 heterocycles. The van der Waals surface area contributed by atoms with E-state index in [1.807, 2.05) is 0 Å². The van der Waals surface area contributed by atoms with E-state index in [4.69, 9.17) is 14.2 Å². The molecular weight excluding hydrogens is 332 g/mol. The van der Waals surface area contributed by atoms with Crippen LogP contribution in [0.4, 0.5) is 0 Å². The van der Waals surface area contributed by atoms with E-state index in [0.717, 1.165) is 38.5 Å². The topological polar surface area (TPSA) is 68.3 Å². The molecule has 1 N–H and O–H groups in total. The normalized spacial score (nSPS) is 42.4. The molecule has 0 unspecified atom stereocenters. The molecule has 0 amide bonds. The van der Waals surface area contributed by atoms with Gasteiger partial charge in [-0.2, -0.15) is 0 Å². The lowest BCUT2D eigenvalue weighted by atomic mass is 9.81. The maximum atomic E-state index is 12.4. The lowest BCUT2D eigenvalue weighted by Crippen LogP contribution is -2.29. The zero-order chi connectivity index (χ0) is 18.7. The predicted octanol–water partition coefficient (Wildman–Crippen LogP) is 3.17. The molecule has 2 saturated heterocycles. The molecule has 5 atom stereocenters. The summed E-state index contributed by atoms with van der Waals surface area (Å²) >= 11 is 0. The van der Waals surface area contributed by atoms with Gasteiger partial charge in [0, 0.05) is 19.4 Å². The molecule has 0 radical (unpaired) electrons. The van der Waals surface area contributed by atoms with E-state index in [2.05, 4.69) is 26.0 Å². The van der Waals surface area contributed by atoms with Crippen LogP contribution in [0.25, 0.3) is 0 Å². The number of hydrogen-bond donors (Lipinski definition) is 1. The number of esters is 1. The van der Waals surface area contributed by atoms with Crippen molar-refractivity contribution in [1.29, 1.82) is 0 Å². The third kappa shape index (κ3) is 4.21. The molecule has 3 rings (SSSR count). The Morgan fingerprint density at radius 2 is 2.04 bits per heavy atom. The Bertz CT molecular complexity index is 581. The van der Waals surface area contributed by atoms with Gasteiger partial charge in [0.25, 0.3) is 0 Å². The molecule has 0 aromatic rings. The summed E-state index contributed by atoms with van der Waals surface area (Å²) in [6.07, 6.45) is 9.68. The summed E-state index contributed by atoms with van der Waals surface area (Å²) in [5.41, 5.74) is 2.20. The Morgan fingerprint density at radius 1 is 1.27 bits per heavy atom. The van der Waals surface area contributed by atoms with Gasteiger partial charge >= 0.3 is 5.97 Å². The summed E-state index contributed by atoms with van der Waals surface area (Å²) < 4.78 is 17.0. The Hall–Kier alpha value is -1.17. The summed E-state index contributed by atoms with van der Waals surface area (Å²) in [5, 5.41) is 9.89. The van der Waals surface area contributed by atoms with Gasteiger partial charge in [0.05, 0.1) is 25.2 Å². The number of methoxy groups -OCH3 is 1. The van der Waals surface area contributed by atoms with Crippen LogP contribution >= 0.6 is 0 Å². The van der Waals surface area contributed by atoms with Crippen molar-refractivity contribution in [2.75, 3.05) is 20.3 Å². The maximum absolute atomic E-state index is 12.4. The second kappa shape index (κ2) is 8.24. The zero-order valence-electron chi connectivity index (χ0n) is 16.2. The number of ether oxygens (including phenoxy) is 3. The fourth-order valence-electron chi connectivity index (χ4n) is 4.45.